The van der Waals surface area contributed by atoms with Gasteiger partial charge in [0.1, 0.15) is 5.52 Å². The van der Waals surface area contributed by atoms with Crippen LogP contribution < -0.4 is 9.47 Å². The zero-order valence-corrected chi connectivity index (χ0v) is 20.8. The molecule has 5 heteroatoms. The summed E-state index contributed by atoms with van der Waals surface area (Å²) in [6.45, 7) is 0. The van der Waals surface area contributed by atoms with Crippen molar-refractivity contribution in [2.45, 2.75) is 0 Å². The van der Waals surface area contributed by atoms with Crippen molar-refractivity contribution in [1.29, 1.82) is 0 Å². The van der Waals surface area contributed by atoms with Crippen LogP contribution in [0.5, 0.6) is 23.0 Å². The van der Waals surface area contributed by atoms with Gasteiger partial charge in [-0.25, -0.2) is 9.97 Å². The first-order chi connectivity index (χ1) is 19.3. The van der Waals surface area contributed by atoms with Crippen molar-refractivity contribution in [3.8, 4) is 51.5 Å². The average Bonchev–Trinajstić information content (AvgIpc) is 3.36. The maximum absolute atomic E-state index is 6.51. The molecule has 5 aromatic carbocycles. The lowest BCUT2D eigenvalue weighted by Crippen LogP contribution is -2.06. The Morgan fingerprint density at radius 2 is 1.08 bits per heavy atom. The van der Waals surface area contributed by atoms with Gasteiger partial charge in [-0.2, -0.15) is 0 Å². The van der Waals surface area contributed by atoms with E-state index in [2.05, 4.69) is 53.1 Å². The van der Waals surface area contributed by atoms with Crippen LogP contribution in [0.2, 0.25) is 0 Å². The Hall–Kier alpha value is -5.42. The molecule has 0 amide bonds. The summed E-state index contributed by atoms with van der Waals surface area (Å²) in [6, 6.07) is 42.6. The monoisotopic (exact) mass is 503 g/mol. The average molecular weight is 504 g/mol. The van der Waals surface area contributed by atoms with Crippen LogP contribution in [0.25, 0.3) is 50.3 Å². The fraction of sp³-hybridized carbons (Fsp3) is 0. The van der Waals surface area contributed by atoms with Crippen LogP contribution in [0.1, 0.15) is 0 Å². The van der Waals surface area contributed by atoms with Crippen molar-refractivity contribution in [1.82, 2.24) is 14.5 Å². The summed E-state index contributed by atoms with van der Waals surface area (Å²) >= 11 is 0. The van der Waals surface area contributed by atoms with Gasteiger partial charge in [0, 0.05) is 21.9 Å². The van der Waals surface area contributed by atoms with Crippen LogP contribution in [0, 0.1) is 0 Å². The minimum Gasteiger partial charge on any atom is -0.449 e. The molecule has 0 saturated heterocycles. The lowest BCUT2D eigenvalue weighted by atomic mass is 10.1. The minimum atomic E-state index is 0.567. The van der Waals surface area contributed by atoms with Gasteiger partial charge in [0.15, 0.2) is 23.0 Å². The van der Waals surface area contributed by atoms with E-state index >= 15 is 0 Å². The predicted molar refractivity (Wildman–Crippen MR) is 154 cm³/mol. The van der Waals surface area contributed by atoms with E-state index in [4.69, 9.17) is 19.4 Å². The number of fused-ring (bicyclic) bond motifs is 6. The van der Waals surface area contributed by atoms with Gasteiger partial charge in [0.05, 0.1) is 16.9 Å². The second-order valence-corrected chi connectivity index (χ2v) is 9.46. The molecule has 0 unspecified atom stereocenters. The first kappa shape index (κ1) is 21.6. The maximum atomic E-state index is 6.51. The van der Waals surface area contributed by atoms with Gasteiger partial charge in [-0.15, -0.1) is 0 Å². The van der Waals surface area contributed by atoms with E-state index in [0.29, 0.717) is 28.9 Å². The molecule has 0 N–H and O–H groups in total. The molecule has 1 aliphatic rings. The van der Waals surface area contributed by atoms with Crippen molar-refractivity contribution >= 4 is 21.8 Å². The molecule has 0 bridgehead atoms. The second-order valence-electron chi connectivity index (χ2n) is 9.46. The van der Waals surface area contributed by atoms with Crippen LogP contribution >= 0.6 is 0 Å². The Kier molecular flexibility index (Phi) is 4.76. The van der Waals surface area contributed by atoms with Gasteiger partial charge in [0.2, 0.25) is 5.95 Å². The Balaban J connectivity index is 1.46. The van der Waals surface area contributed by atoms with Crippen LogP contribution in [0.15, 0.2) is 127 Å². The smallest absolute Gasteiger partial charge is 0.235 e. The van der Waals surface area contributed by atoms with Crippen molar-refractivity contribution in [2.75, 3.05) is 0 Å². The third kappa shape index (κ3) is 3.48. The first-order valence-corrected chi connectivity index (χ1v) is 12.8. The Labute approximate surface area is 224 Å². The summed E-state index contributed by atoms with van der Waals surface area (Å²) < 4.78 is 14.9. The fourth-order valence-electron chi connectivity index (χ4n) is 5.29. The molecule has 0 radical (unpaired) electrons. The topological polar surface area (TPSA) is 49.2 Å². The lowest BCUT2D eigenvalue weighted by molar-refractivity contribution is 0.362. The van der Waals surface area contributed by atoms with E-state index in [1.165, 1.54) is 0 Å². The van der Waals surface area contributed by atoms with Gasteiger partial charge in [0.25, 0.3) is 0 Å². The molecule has 5 nitrogen and oxygen atoms in total. The summed E-state index contributed by atoms with van der Waals surface area (Å²) in [6.07, 6.45) is 0. The number of rotatable bonds is 3. The quantitative estimate of drug-likeness (QED) is 0.242. The predicted octanol–water partition coefficient (Wildman–Crippen LogP) is 8.81. The van der Waals surface area contributed by atoms with Gasteiger partial charge in [-0.05, 0) is 36.4 Å². The van der Waals surface area contributed by atoms with Crippen LogP contribution in [-0.2, 0) is 0 Å². The largest absolute Gasteiger partial charge is 0.449 e. The minimum absolute atomic E-state index is 0.567. The van der Waals surface area contributed by atoms with Gasteiger partial charge in [-0.1, -0.05) is 91.0 Å². The summed E-state index contributed by atoms with van der Waals surface area (Å²) in [7, 11) is 0. The van der Waals surface area contributed by atoms with E-state index in [0.717, 1.165) is 44.3 Å². The standard InChI is InChI=1S/C34H21N3O2/c1-3-11-22(12-4-1)26-21-27(23-13-5-2-6-14-23)36-34(35-26)37-28-16-8-7-15-24(28)25-19-20-31-33(32(25)37)39-30-18-10-9-17-29(30)38-31/h1-21H. The Morgan fingerprint density at radius 3 is 1.77 bits per heavy atom. The molecule has 2 aromatic heterocycles. The van der Waals surface area contributed by atoms with Gasteiger partial charge < -0.3 is 9.47 Å². The molecule has 0 saturated carbocycles. The van der Waals surface area contributed by atoms with Gasteiger partial charge in [-0.3, -0.25) is 4.57 Å². The van der Waals surface area contributed by atoms with Crippen LogP contribution in [-0.4, -0.2) is 14.5 Å². The molecule has 0 fully saturated rings. The van der Waals surface area contributed by atoms with Crippen molar-refractivity contribution < 1.29 is 9.47 Å². The molecule has 39 heavy (non-hydrogen) atoms. The highest BCUT2D eigenvalue weighted by Crippen LogP contribution is 2.50. The fourth-order valence-corrected chi connectivity index (χ4v) is 5.29. The zero-order chi connectivity index (χ0) is 25.8. The number of benzene rings is 5. The number of para-hydroxylation sites is 3. The highest BCUT2D eigenvalue weighted by molar-refractivity contribution is 6.12. The second kappa shape index (κ2) is 8.57. The van der Waals surface area contributed by atoms with Crippen LogP contribution in [0.3, 0.4) is 0 Å². The lowest BCUT2D eigenvalue weighted by Gasteiger charge is -2.22. The van der Waals surface area contributed by atoms with Gasteiger partial charge >= 0.3 is 0 Å². The number of ether oxygens (including phenoxy) is 2. The molecule has 1 aliphatic heterocycles. The maximum Gasteiger partial charge on any atom is 0.235 e. The van der Waals surface area contributed by atoms with E-state index in [-0.39, 0.29) is 0 Å². The summed E-state index contributed by atoms with van der Waals surface area (Å²) in [5.74, 6) is 3.25. The summed E-state index contributed by atoms with van der Waals surface area (Å²) in [4.78, 5) is 10.2. The Bertz CT molecular complexity index is 1960. The van der Waals surface area contributed by atoms with E-state index < -0.39 is 0 Å². The highest BCUT2D eigenvalue weighted by Gasteiger charge is 2.26. The van der Waals surface area contributed by atoms with E-state index in [9.17, 15) is 0 Å². The molecule has 0 atom stereocenters. The SMILES string of the molecule is c1ccc(-c2cc(-c3ccccc3)nc(-n3c4ccccc4c4ccc5c(c43)Oc3ccccc3O5)n2)cc1. The molecule has 184 valence electrons. The van der Waals surface area contributed by atoms with Crippen LogP contribution in [0.4, 0.5) is 0 Å². The zero-order valence-electron chi connectivity index (χ0n) is 20.8. The first-order valence-electron chi connectivity index (χ1n) is 12.8. The van der Waals surface area contributed by atoms with E-state index in [1.54, 1.807) is 0 Å². The molecule has 8 rings (SSSR count). The summed E-state index contributed by atoms with van der Waals surface area (Å²) in [5, 5.41) is 2.13. The highest BCUT2D eigenvalue weighted by atomic mass is 16.6. The normalized spacial score (nSPS) is 12.0. The third-order valence-electron chi connectivity index (χ3n) is 7.09. The van der Waals surface area contributed by atoms with E-state index in [1.807, 2.05) is 78.9 Å². The molecule has 0 spiro atoms. The number of hydrogen-bond acceptors (Lipinski definition) is 4. The molecule has 3 heterocycles. The Morgan fingerprint density at radius 1 is 0.487 bits per heavy atom. The molecular formula is C34H21N3O2. The van der Waals surface area contributed by atoms with Crippen molar-refractivity contribution in [3.05, 3.63) is 127 Å². The molecule has 7 aromatic rings. The molecule has 0 aliphatic carbocycles. The number of hydrogen-bond donors (Lipinski definition) is 0. The van der Waals surface area contributed by atoms with Crippen molar-refractivity contribution in [3.63, 3.8) is 0 Å². The molecular weight excluding hydrogens is 482 g/mol. The number of nitrogens with zero attached hydrogens (tertiary/aromatic N) is 3. The number of aromatic nitrogens is 3. The summed E-state index contributed by atoms with van der Waals surface area (Å²) in [5.41, 5.74) is 5.60. The third-order valence-corrected chi connectivity index (χ3v) is 7.09. The van der Waals surface area contributed by atoms with Crippen molar-refractivity contribution in [2.24, 2.45) is 0 Å².